The van der Waals surface area contributed by atoms with Crippen molar-refractivity contribution in [2.45, 2.75) is 268 Å². The summed E-state index contributed by atoms with van der Waals surface area (Å²) in [6.07, 6.45) is -0.00955. The number of rotatable bonds is 11. The quantitative estimate of drug-likeness (QED) is 0.217. The lowest BCUT2D eigenvalue weighted by Gasteiger charge is -2.45. The van der Waals surface area contributed by atoms with Gasteiger partial charge in [-0.3, -0.25) is 57.5 Å². The molecule has 0 aromatic carbocycles. The van der Waals surface area contributed by atoms with E-state index in [-0.39, 0.29) is 109 Å². The minimum absolute atomic E-state index is 0.00139. The lowest BCUT2D eigenvalue weighted by molar-refractivity contribution is -0.201. The maximum absolute atomic E-state index is 15.7. The average molecular weight is 1460 g/mol. The smallest absolute Gasteiger partial charge is 0.378 e. The molecule has 25 nitrogen and oxygen atoms in total. The van der Waals surface area contributed by atoms with Crippen molar-refractivity contribution in [3.63, 3.8) is 0 Å². The highest BCUT2D eigenvalue weighted by Gasteiger charge is 2.53. The van der Waals surface area contributed by atoms with Crippen molar-refractivity contribution >= 4 is 70.9 Å². The summed E-state index contributed by atoms with van der Waals surface area (Å²) >= 11 is 0. The third kappa shape index (κ3) is 19.3. The van der Waals surface area contributed by atoms with Gasteiger partial charge >= 0.3 is 6.18 Å². The van der Waals surface area contributed by atoms with Crippen LogP contribution in [0.1, 0.15) is 196 Å². The van der Waals surface area contributed by atoms with E-state index in [1.165, 1.54) is 88.4 Å². The van der Waals surface area contributed by atoms with Crippen LogP contribution in [0.5, 0.6) is 0 Å². The summed E-state index contributed by atoms with van der Waals surface area (Å²) < 4.78 is 62.7. The summed E-state index contributed by atoms with van der Waals surface area (Å²) in [6.45, 7) is 11.2. The van der Waals surface area contributed by atoms with Crippen LogP contribution in [0.25, 0.3) is 0 Å². The highest BCUT2D eigenvalue weighted by Crippen LogP contribution is 2.44. The molecule has 8 rings (SSSR count). The Balaban J connectivity index is 1.17. The lowest BCUT2D eigenvalue weighted by atomic mass is 9.78. The zero-order chi connectivity index (χ0) is 75.7. The molecule has 3 N–H and O–H groups in total. The monoisotopic (exact) mass is 1460 g/mol. The van der Waals surface area contributed by atoms with E-state index in [1.807, 2.05) is 20.8 Å². The van der Waals surface area contributed by atoms with E-state index < -0.39 is 193 Å². The fourth-order valence-corrected chi connectivity index (χ4v) is 17.4. The van der Waals surface area contributed by atoms with Gasteiger partial charge in [-0.2, -0.15) is 13.2 Å². The molecule has 29 heteroatoms. The summed E-state index contributed by atoms with van der Waals surface area (Å²) in [5.74, 6) is -11.1. The number of hydrogen-bond acceptors (Lipinski definition) is 13. The lowest BCUT2D eigenvalue weighted by Crippen LogP contribution is -2.65. The van der Waals surface area contributed by atoms with Gasteiger partial charge in [-0.25, -0.2) is 4.39 Å². The number of morpholine rings is 1. The molecule has 0 aromatic rings. The first-order valence-corrected chi connectivity index (χ1v) is 38.3. The van der Waals surface area contributed by atoms with Crippen molar-refractivity contribution in [2.75, 3.05) is 88.2 Å². The Morgan fingerprint density at radius 1 is 0.612 bits per heavy atom. The Kier molecular flexibility index (Phi) is 28.3. The number of alkyl halides is 4. The van der Waals surface area contributed by atoms with Crippen molar-refractivity contribution in [3.8, 4) is 0 Å². The average Bonchev–Trinajstić information content (AvgIpc) is 1.41. The van der Waals surface area contributed by atoms with Crippen LogP contribution in [0.3, 0.4) is 0 Å². The zero-order valence-electron chi connectivity index (χ0n) is 63.1. The number of carbonyl (C=O) groups is 12. The van der Waals surface area contributed by atoms with Crippen molar-refractivity contribution in [1.29, 1.82) is 0 Å². The summed E-state index contributed by atoms with van der Waals surface area (Å²) in [7, 11) is 8.67. The molecular formula is C74H118F4N12O13. The Labute approximate surface area is 606 Å². The molecule has 4 heterocycles. The molecule has 580 valence electrons. The minimum Gasteiger partial charge on any atom is -0.378 e. The van der Waals surface area contributed by atoms with E-state index in [0.717, 1.165) is 43.4 Å². The van der Waals surface area contributed by atoms with Crippen LogP contribution in [-0.4, -0.2) is 275 Å². The number of ether oxygens (including phenoxy) is 1. The molecule has 103 heavy (non-hydrogen) atoms. The topological polar surface area (TPSA) is 279 Å². The van der Waals surface area contributed by atoms with Crippen LogP contribution in [-0.2, 0) is 62.3 Å². The zero-order valence-corrected chi connectivity index (χ0v) is 63.1. The van der Waals surface area contributed by atoms with Crippen LogP contribution in [0.2, 0.25) is 0 Å². The second kappa shape index (κ2) is 35.6. The predicted molar refractivity (Wildman–Crippen MR) is 374 cm³/mol. The van der Waals surface area contributed by atoms with Crippen LogP contribution in [0.15, 0.2) is 0 Å². The van der Waals surface area contributed by atoms with Gasteiger partial charge in [-0.05, 0) is 132 Å². The van der Waals surface area contributed by atoms with E-state index in [4.69, 9.17) is 4.74 Å². The van der Waals surface area contributed by atoms with Gasteiger partial charge in [0.15, 0.2) is 0 Å². The molecule has 0 aromatic heterocycles. The van der Waals surface area contributed by atoms with Gasteiger partial charge in [0.1, 0.15) is 66.1 Å². The van der Waals surface area contributed by atoms with E-state index in [2.05, 4.69) is 22.9 Å². The van der Waals surface area contributed by atoms with Crippen molar-refractivity contribution in [3.05, 3.63) is 0 Å². The molecule has 3 unspecified atom stereocenters. The number of amides is 12. The van der Waals surface area contributed by atoms with Gasteiger partial charge in [0.25, 0.3) is 0 Å². The van der Waals surface area contributed by atoms with E-state index in [1.54, 1.807) is 6.92 Å². The summed E-state index contributed by atoms with van der Waals surface area (Å²) in [5, 5.41) is 8.80. The second-order valence-electron chi connectivity index (χ2n) is 32.0. The van der Waals surface area contributed by atoms with Crippen molar-refractivity contribution in [1.82, 2.24) is 60.0 Å². The van der Waals surface area contributed by atoms with Crippen LogP contribution in [0.4, 0.5) is 17.6 Å². The fourth-order valence-electron chi connectivity index (χ4n) is 17.4. The normalized spacial score (nSPS) is 32.6. The predicted octanol–water partition coefficient (Wildman–Crippen LogP) is 5.45. The Bertz CT molecular complexity index is 3050. The molecule has 4 aliphatic carbocycles. The fraction of sp³-hybridized carbons (Fsp3) is 0.838. The molecule has 8 fully saturated rings. The number of fused-ring (bicyclic) bond motifs is 2. The molecule has 12 amide bonds. The molecular weight excluding hydrogens is 1340 g/mol. The first kappa shape index (κ1) is 82.0. The molecule has 4 saturated carbocycles. The Morgan fingerprint density at radius 3 is 1.83 bits per heavy atom. The second-order valence-corrected chi connectivity index (χ2v) is 32.0. The van der Waals surface area contributed by atoms with E-state index >= 15 is 38.0 Å². The van der Waals surface area contributed by atoms with Gasteiger partial charge in [-0.1, -0.05) is 92.4 Å². The molecule has 4 aliphatic heterocycles. The molecule has 13 atom stereocenters. The maximum Gasteiger partial charge on any atom is 0.394 e. The van der Waals surface area contributed by atoms with E-state index in [0.29, 0.717) is 44.4 Å². The highest BCUT2D eigenvalue weighted by molar-refractivity contribution is 6.01. The van der Waals surface area contributed by atoms with Gasteiger partial charge in [-0.15, -0.1) is 0 Å². The third-order valence-electron chi connectivity index (χ3n) is 24.6. The summed E-state index contributed by atoms with van der Waals surface area (Å²) in [6, 6.07) is -11.0. The first-order valence-electron chi connectivity index (χ1n) is 38.3. The Hall–Kier alpha value is -6.68. The van der Waals surface area contributed by atoms with Crippen molar-refractivity contribution in [2.24, 2.45) is 41.4 Å². The van der Waals surface area contributed by atoms with Gasteiger partial charge < -0.3 is 64.8 Å². The summed E-state index contributed by atoms with van der Waals surface area (Å²) in [5.41, 5.74) is -1.58. The first-order chi connectivity index (χ1) is 48.6. The molecule has 4 saturated heterocycles. The maximum atomic E-state index is 15.7. The number of nitrogens with one attached hydrogen (secondary N) is 3. The minimum atomic E-state index is -4.75. The van der Waals surface area contributed by atoms with Crippen LogP contribution >= 0.6 is 0 Å². The molecule has 0 radical (unpaired) electrons. The van der Waals surface area contributed by atoms with Gasteiger partial charge in [0, 0.05) is 68.5 Å². The van der Waals surface area contributed by atoms with Crippen molar-refractivity contribution < 1.29 is 79.8 Å². The standard InChI is InChI=1S/C74H118F4N12O13/c1-13-46(5)61-70(100)83(8)47(6)65(95)90-34-30-55(90)68(98)85(10)57(41-49-24-22-45(4)23-25-49)67(97)82(7)43-59(91)79-53(29-27-48-26-28-51(52(75)40-48)74(76,77)78)66(96)89-33-18-21-54(89)64(94)81-73(31-16-17-32-73)72(102)87(12)62(50-19-14-15-20-50)71(101)86(11)58(69(99)88-35-37-103-38-36-88)42-60(92)84(9)56(39-44(2)3)63(93)80-61/h44-58,61-62H,13-43H2,1-12H3,(H,79,91)(H,80,93)(H,81,94)/t45?,46-,47-,48?,49?,51?,52?,53-,54-,55-,56-,57-,58-,61-,62-/m0/s1. The number of carbonyl (C=O) groups excluding carboxylic acids is 12. The SMILES string of the molecule is CC[C@H](C)[C@@H]1NC(=O)[C@H](CC(C)C)N(C)C(=O)C[C@@H](C(=O)N2CCOCC2)N(C)C(=O)[C@H](C2CCCC2)N(C)C(=O)C2(CCCC2)NC(=O)[C@@H]2CCCN2C(=O)[C@H](CCC2CCC(C(F)(F)F)C(F)C2)NC(=O)CN(C)C(=O)[C@H](CC2CCC(C)CC2)N(C)C(=O)[C@@H]2CCN2C(=O)[C@H](C)N(C)C1=O. The number of hydrogen-bond donors (Lipinski definition) is 3. The molecule has 1 spiro atoms. The third-order valence-corrected chi connectivity index (χ3v) is 24.6. The number of likely N-dealkylation sites (N-methyl/N-ethyl adjacent to an activating group) is 6. The summed E-state index contributed by atoms with van der Waals surface area (Å²) in [4.78, 5) is 193. The van der Waals surface area contributed by atoms with Gasteiger partial charge in [0.05, 0.1) is 32.1 Å². The molecule has 8 aliphatic rings. The van der Waals surface area contributed by atoms with E-state index in [9.17, 15) is 37.1 Å². The Morgan fingerprint density at radius 2 is 1.24 bits per heavy atom. The molecule has 0 bridgehead atoms. The highest BCUT2D eigenvalue weighted by atomic mass is 19.4. The van der Waals surface area contributed by atoms with Gasteiger partial charge in [0.2, 0.25) is 70.9 Å². The number of nitrogens with zero attached hydrogens (tertiary/aromatic N) is 9. The van der Waals surface area contributed by atoms with Crippen LogP contribution < -0.4 is 16.0 Å². The van der Waals surface area contributed by atoms with Crippen LogP contribution in [0, 0.1) is 41.4 Å². The largest absolute Gasteiger partial charge is 0.394 e. The number of halogens is 4.